The smallest absolute Gasteiger partial charge is 0.378 e. The molecule has 0 saturated carbocycles. The SMILES string of the molecule is CCOC(=O)c1nnc2c(-c3nc4c(Cl)cc(OC)cc4s3)cc(C)cc2n1. The van der Waals surface area contributed by atoms with Gasteiger partial charge in [0.1, 0.15) is 21.8 Å². The van der Waals surface area contributed by atoms with Crippen LogP contribution in [0, 0.1) is 6.92 Å². The first-order chi connectivity index (χ1) is 13.5. The van der Waals surface area contributed by atoms with Crippen LogP contribution in [0.15, 0.2) is 24.3 Å². The second-order valence-electron chi connectivity index (χ2n) is 6.01. The molecule has 0 aliphatic rings. The number of benzene rings is 2. The topological polar surface area (TPSA) is 87.1 Å². The molecule has 0 saturated heterocycles. The highest BCUT2D eigenvalue weighted by molar-refractivity contribution is 7.21. The Morgan fingerprint density at radius 3 is 2.71 bits per heavy atom. The number of nitrogens with zero attached hydrogens (tertiary/aromatic N) is 4. The molecule has 0 bridgehead atoms. The average Bonchev–Trinajstić information content (AvgIpc) is 3.11. The molecule has 0 atom stereocenters. The van der Waals surface area contributed by atoms with Crippen LogP contribution in [0.25, 0.3) is 31.8 Å². The van der Waals surface area contributed by atoms with Gasteiger partial charge in [-0.15, -0.1) is 21.5 Å². The van der Waals surface area contributed by atoms with E-state index in [0.29, 0.717) is 27.3 Å². The van der Waals surface area contributed by atoms with Crippen molar-refractivity contribution in [1.82, 2.24) is 20.2 Å². The third-order valence-electron chi connectivity index (χ3n) is 4.05. The molecule has 142 valence electrons. The maximum absolute atomic E-state index is 11.9. The van der Waals surface area contributed by atoms with Crippen LogP contribution >= 0.6 is 22.9 Å². The molecule has 0 spiro atoms. The normalized spacial score (nSPS) is 11.1. The van der Waals surface area contributed by atoms with Crippen LogP contribution in [0.3, 0.4) is 0 Å². The molecule has 9 heteroatoms. The molecule has 4 rings (SSSR count). The van der Waals surface area contributed by atoms with Crippen molar-refractivity contribution in [2.45, 2.75) is 13.8 Å². The fourth-order valence-electron chi connectivity index (χ4n) is 2.83. The van der Waals surface area contributed by atoms with Crippen molar-refractivity contribution in [3.05, 3.63) is 40.7 Å². The Hall–Kier alpha value is -2.84. The van der Waals surface area contributed by atoms with Crippen molar-refractivity contribution >= 4 is 50.2 Å². The molecule has 28 heavy (non-hydrogen) atoms. The third kappa shape index (κ3) is 3.25. The molecule has 0 amide bonds. The van der Waals surface area contributed by atoms with E-state index in [9.17, 15) is 4.79 Å². The van der Waals surface area contributed by atoms with Gasteiger partial charge in [-0.3, -0.25) is 0 Å². The maximum atomic E-state index is 11.9. The Morgan fingerprint density at radius 1 is 1.14 bits per heavy atom. The Bertz CT molecular complexity index is 1220. The summed E-state index contributed by atoms with van der Waals surface area (Å²) in [6, 6.07) is 7.43. The highest BCUT2D eigenvalue weighted by Gasteiger charge is 2.18. The predicted octanol–water partition coefficient (Wildman–Crippen LogP) is 4.45. The van der Waals surface area contributed by atoms with E-state index in [1.165, 1.54) is 11.3 Å². The van der Waals surface area contributed by atoms with Crippen LogP contribution in [0.1, 0.15) is 23.1 Å². The lowest BCUT2D eigenvalue weighted by Gasteiger charge is -2.05. The van der Waals surface area contributed by atoms with Crippen molar-refractivity contribution < 1.29 is 14.3 Å². The summed E-state index contributed by atoms with van der Waals surface area (Å²) in [6.45, 7) is 3.91. The highest BCUT2D eigenvalue weighted by atomic mass is 35.5. The Balaban J connectivity index is 1.90. The number of fused-ring (bicyclic) bond motifs is 2. The van der Waals surface area contributed by atoms with Crippen molar-refractivity contribution in [1.29, 1.82) is 0 Å². The van der Waals surface area contributed by atoms with Crippen LogP contribution < -0.4 is 4.74 Å². The van der Waals surface area contributed by atoms with Gasteiger partial charge in [0.25, 0.3) is 5.82 Å². The fourth-order valence-corrected chi connectivity index (χ4v) is 4.17. The first-order valence-corrected chi connectivity index (χ1v) is 9.66. The van der Waals surface area contributed by atoms with Crippen LogP contribution in [-0.4, -0.2) is 39.9 Å². The lowest BCUT2D eigenvalue weighted by molar-refractivity contribution is 0.0511. The van der Waals surface area contributed by atoms with Gasteiger partial charge in [-0.1, -0.05) is 11.6 Å². The molecular weight excluding hydrogens is 400 g/mol. The van der Waals surface area contributed by atoms with Gasteiger partial charge in [0.05, 0.1) is 29.0 Å². The van der Waals surface area contributed by atoms with Crippen molar-refractivity contribution in [2.75, 3.05) is 13.7 Å². The first-order valence-electron chi connectivity index (χ1n) is 8.46. The molecule has 7 nitrogen and oxygen atoms in total. The fraction of sp³-hybridized carbons (Fsp3) is 0.211. The van der Waals surface area contributed by atoms with E-state index in [-0.39, 0.29) is 12.4 Å². The van der Waals surface area contributed by atoms with Gasteiger partial charge in [-0.2, -0.15) is 0 Å². The molecule has 2 aromatic carbocycles. The largest absolute Gasteiger partial charge is 0.497 e. The Morgan fingerprint density at radius 2 is 1.96 bits per heavy atom. The van der Waals surface area contributed by atoms with E-state index < -0.39 is 5.97 Å². The minimum absolute atomic E-state index is 0.0667. The van der Waals surface area contributed by atoms with E-state index >= 15 is 0 Å². The number of carbonyl (C=O) groups is 1. The van der Waals surface area contributed by atoms with Gasteiger partial charge in [-0.25, -0.2) is 14.8 Å². The standard InChI is InChI=1S/C19H15ClN4O3S/c1-4-27-19(25)17-21-13-6-9(2)5-11(15(13)23-24-17)18-22-16-12(20)7-10(26-3)8-14(16)28-18/h5-8H,4H2,1-3H3. The lowest BCUT2D eigenvalue weighted by atomic mass is 10.1. The monoisotopic (exact) mass is 414 g/mol. The van der Waals surface area contributed by atoms with Crippen LogP contribution in [0.4, 0.5) is 0 Å². The van der Waals surface area contributed by atoms with Gasteiger partial charge >= 0.3 is 5.97 Å². The molecule has 4 aromatic rings. The molecule has 0 fully saturated rings. The van der Waals surface area contributed by atoms with Crippen LogP contribution in [0.5, 0.6) is 5.75 Å². The number of halogens is 1. The quantitative estimate of drug-likeness (QED) is 0.456. The summed E-state index contributed by atoms with van der Waals surface area (Å²) >= 11 is 7.82. The molecule has 0 radical (unpaired) electrons. The Labute approximate surface area is 169 Å². The molecule has 2 heterocycles. The minimum Gasteiger partial charge on any atom is -0.497 e. The second kappa shape index (κ2) is 7.29. The average molecular weight is 415 g/mol. The highest BCUT2D eigenvalue weighted by Crippen LogP contribution is 2.38. The number of methoxy groups -OCH3 is 1. The third-order valence-corrected chi connectivity index (χ3v) is 5.38. The minimum atomic E-state index is -0.598. The van der Waals surface area contributed by atoms with Gasteiger partial charge < -0.3 is 9.47 Å². The number of thiazole rings is 1. The van der Waals surface area contributed by atoms with E-state index in [1.54, 1.807) is 20.1 Å². The number of hydrogen-bond acceptors (Lipinski definition) is 8. The van der Waals surface area contributed by atoms with Gasteiger partial charge in [-0.05, 0) is 37.6 Å². The number of hydrogen-bond donors (Lipinski definition) is 0. The lowest BCUT2D eigenvalue weighted by Crippen LogP contribution is -2.11. The van der Waals surface area contributed by atoms with E-state index in [1.807, 2.05) is 25.1 Å². The van der Waals surface area contributed by atoms with E-state index in [0.717, 1.165) is 20.8 Å². The molecule has 0 N–H and O–H groups in total. The van der Waals surface area contributed by atoms with Gasteiger partial charge in [0.2, 0.25) is 0 Å². The summed E-state index contributed by atoms with van der Waals surface area (Å²) in [7, 11) is 1.59. The van der Waals surface area contributed by atoms with Crippen LogP contribution in [0.2, 0.25) is 5.02 Å². The summed E-state index contributed by atoms with van der Waals surface area (Å²) in [4.78, 5) is 20.9. The number of esters is 1. The summed E-state index contributed by atoms with van der Waals surface area (Å²) in [6.07, 6.45) is 0. The van der Waals surface area contributed by atoms with Crippen molar-refractivity contribution in [3.8, 4) is 16.3 Å². The van der Waals surface area contributed by atoms with Crippen molar-refractivity contribution in [3.63, 3.8) is 0 Å². The number of rotatable bonds is 4. The summed E-state index contributed by atoms with van der Waals surface area (Å²) < 4.78 is 11.1. The number of carbonyl (C=O) groups excluding carboxylic acids is 1. The number of aromatic nitrogens is 4. The predicted molar refractivity (Wildman–Crippen MR) is 108 cm³/mol. The first kappa shape index (κ1) is 18.5. The van der Waals surface area contributed by atoms with Gasteiger partial charge in [0.15, 0.2) is 0 Å². The molecule has 2 aromatic heterocycles. The zero-order valence-electron chi connectivity index (χ0n) is 15.3. The van der Waals surface area contributed by atoms with E-state index in [2.05, 4.69) is 20.2 Å². The molecular formula is C19H15ClN4O3S. The summed E-state index contributed by atoms with van der Waals surface area (Å²) in [5.74, 6) is 0.00383. The Kier molecular flexibility index (Phi) is 4.82. The van der Waals surface area contributed by atoms with Crippen LogP contribution in [-0.2, 0) is 4.74 Å². The second-order valence-corrected chi connectivity index (χ2v) is 7.45. The zero-order valence-corrected chi connectivity index (χ0v) is 16.9. The van der Waals surface area contributed by atoms with Gasteiger partial charge in [0, 0.05) is 11.6 Å². The molecule has 0 unspecified atom stereocenters. The maximum Gasteiger partial charge on any atom is 0.378 e. The zero-order chi connectivity index (χ0) is 19.8. The summed E-state index contributed by atoms with van der Waals surface area (Å²) in [5.41, 5.74) is 3.54. The number of ether oxygens (including phenoxy) is 2. The molecule has 0 aliphatic heterocycles. The van der Waals surface area contributed by atoms with E-state index in [4.69, 9.17) is 21.1 Å². The molecule has 0 aliphatic carbocycles. The summed E-state index contributed by atoms with van der Waals surface area (Å²) in [5, 5.41) is 9.41. The van der Waals surface area contributed by atoms with Crippen molar-refractivity contribution in [2.24, 2.45) is 0 Å². The number of aryl methyl sites for hydroxylation is 1.